The molecule has 0 saturated heterocycles. The van der Waals surface area contributed by atoms with Crippen LogP contribution in [0.5, 0.6) is 23.0 Å². The number of phenolic OH excluding ortho intramolecular Hbond substituents is 2. The van der Waals surface area contributed by atoms with Crippen LogP contribution in [0.4, 0.5) is 0 Å². The maximum atomic E-state index is 14.1. The van der Waals surface area contributed by atoms with Crippen molar-refractivity contribution in [3.8, 4) is 23.0 Å². The molecule has 2 heterocycles. The summed E-state index contributed by atoms with van der Waals surface area (Å²) in [6.45, 7) is 10.3. The van der Waals surface area contributed by atoms with Gasteiger partial charge in [0.2, 0.25) is 0 Å². The number of esters is 1. The lowest BCUT2D eigenvalue weighted by atomic mass is 9.70. The smallest absolute Gasteiger partial charge is 0.340 e. The fourth-order valence-corrected chi connectivity index (χ4v) is 5.02. The minimum Gasteiger partial charge on any atom is -0.508 e. The van der Waals surface area contributed by atoms with Gasteiger partial charge < -0.3 is 19.7 Å². The second-order valence-corrected chi connectivity index (χ2v) is 11.6. The van der Waals surface area contributed by atoms with Crippen molar-refractivity contribution in [1.29, 1.82) is 0 Å². The number of phenols is 2. The van der Waals surface area contributed by atoms with Gasteiger partial charge in [-0.2, -0.15) is 0 Å². The summed E-state index contributed by atoms with van der Waals surface area (Å²) in [5.74, 6) is -1.71. The Bertz CT molecular complexity index is 1520. The number of benzene rings is 3. The summed E-state index contributed by atoms with van der Waals surface area (Å²) in [6.07, 6.45) is 0. The van der Waals surface area contributed by atoms with E-state index in [0.717, 1.165) is 0 Å². The average molecular weight is 501 g/mol. The molecular formula is C30H28O7. The summed E-state index contributed by atoms with van der Waals surface area (Å²) in [7, 11) is 0. The van der Waals surface area contributed by atoms with Crippen LogP contribution in [0.3, 0.4) is 0 Å². The van der Waals surface area contributed by atoms with E-state index in [1.54, 1.807) is 71.9 Å². The average Bonchev–Trinajstić information content (AvgIpc) is 3.09. The first kappa shape index (κ1) is 24.6. The minimum atomic E-state index is -1.65. The van der Waals surface area contributed by atoms with Gasteiger partial charge in [0, 0.05) is 39.7 Å². The van der Waals surface area contributed by atoms with Gasteiger partial charge in [-0.15, -0.1) is 0 Å². The zero-order valence-corrected chi connectivity index (χ0v) is 21.6. The summed E-state index contributed by atoms with van der Waals surface area (Å²) in [5.41, 5.74) is -2.40. The number of carbonyl (C=O) groups excluding carboxylic acids is 3. The van der Waals surface area contributed by atoms with Gasteiger partial charge in [0.15, 0.2) is 17.2 Å². The highest BCUT2D eigenvalue weighted by Gasteiger charge is 2.56. The molecule has 3 aromatic rings. The molecule has 37 heavy (non-hydrogen) atoms. The monoisotopic (exact) mass is 500 g/mol. The van der Waals surface area contributed by atoms with Crippen molar-refractivity contribution in [2.75, 3.05) is 0 Å². The highest BCUT2D eigenvalue weighted by Crippen LogP contribution is 2.59. The Labute approximate surface area is 214 Å². The van der Waals surface area contributed by atoms with Crippen LogP contribution in [0.25, 0.3) is 0 Å². The van der Waals surface area contributed by atoms with Crippen molar-refractivity contribution in [2.45, 2.75) is 47.1 Å². The quantitative estimate of drug-likeness (QED) is 0.322. The number of rotatable bonds is 2. The third-order valence-corrected chi connectivity index (χ3v) is 6.78. The molecule has 190 valence electrons. The topological polar surface area (TPSA) is 110 Å². The van der Waals surface area contributed by atoms with Crippen LogP contribution >= 0.6 is 0 Å². The largest absolute Gasteiger partial charge is 0.508 e. The van der Waals surface area contributed by atoms with Gasteiger partial charge in [-0.25, -0.2) is 4.79 Å². The molecule has 0 saturated carbocycles. The van der Waals surface area contributed by atoms with Crippen molar-refractivity contribution >= 4 is 17.5 Å². The Morgan fingerprint density at radius 2 is 1.41 bits per heavy atom. The molecule has 0 amide bonds. The van der Waals surface area contributed by atoms with Crippen molar-refractivity contribution in [3.05, 3.63) is 81.9 Å². The predicted octanol–water partition coefficient (Wildman–Crippen LogP) is 6.12. The first-order valence-corrected chi connectivity index (χ1v) is 12.0. The Balaban J connectivity index is 2.01. The second kappa shape index (κ2) is 7.68. The first-order chi connectivity index (χ1) is 17.2. The molecule has 1 spiro atoms. The lowest BCUT2D eigenvalue weighted by molar-refractivity contribution is 0.0219. The van der Waals surface area contributed by atoms with E-state index in [1.807, 2.05) is 0 Å². The second-order valence-electron chi connectivity index (χ2n) is 11.6. The highest BCUT2D eigenvalue weighted by atomic mass is 16.6. The fraction of sp³-hybridized carbons (Fsp3) is 0.300. The van der Waals surface area contributed by atoms with E-state index in [1.165, 1.54) is 18.2 Å². The normalized spacial score (nSPS) is 17.9. The van der Waals surface area contributed by atoms with E-state index in [-0.39, 0.29) is 33.9 Å². The lowest BCUT2D eigenvalue weighted by Crippen LogP contribution is -2.38. The Morgan fingerprint density at radius 3 is 2.05 bits per heavy atom. The van der Waals surface area contributed by atoms with Crippen molar-refractivity contribution in [1.82, 2.24) is 0 Å². The molecule has 7 nitrogen and oxygen atoms in total. The summed E-state index contributed by atoms with van der Waals surface area (Å²) in [4.78, 5) is 41.1. The van der Waals surface area contributed by atoms with Crippen molar-refractivity contribution in [2.24, 2.45) is 10.8 Å². The van der Waals surface area contributed by atoms with Crippen LogP contribution in [-0.2, 0) is 10.3 Å². The molecule has 1 unspecified atom stereocenters. The molecule has 1 atom stereocenters. The Hall–Kier alpha value is -4.13. The number of carbonyl (C=O) groups is 3. The van der Waals surface area contributed by atoms with Crippen LogP contribution in [0, 0.1) is 10.8 Å². The maximum absolute atomic E-state index is 14.1. The van der Waals surface area contributed by atoms with Crippen LogP contribution in [0.1, 0.15) is 89.3 Å². The third kappa shape index (κ3) is 3.44. The molecule has 5 rings (SSSR count). The molecule has 0 fully saturated rings. The number of hydrogen-bond donors (Lipinski definition) is 2. The molecule has 3 aromatic carbocycles. The number of Topliss-reactive ketones (excluding diaryl/α,β-unsaturated/α-hetero) is 2. The maximum Gasteiger partial charge on any atom is 0.340 e. The molecule has 0 aliphatic carbocycles. The molecule has 7 heteroatoms. The van der Waals surface area contributed by atoms with Gasteiger partial charge in [-0.3, -0.25) is 9.59 Å². The minimum absolute atomic E-state index is 0.0503. The standard InChI is InChI=1S/C30H28O7/c1-28(2,3)25(33)22-19(32)14-21-24(23(22)26(34)29(4,5)6)30(18-12-11-15(31)13-20(18)36-21)17-10-8-7-9-16(17)27(35)37-30/h7-14,31-32H,1-6H3. The van der Waals surface area contributed by atoms with E-state index in [9.17, 15) is 24.6 Å². The molecule has 2 aliphatic rings. The van der Waals surface area contributed by atoms with E-state index < -0.39 is 39.7 Å². The molecule has 0 aromatic heterocycles. The van der Waals surface area contributed by atoms with Crippen LogP contribution in [0.15, 0.2) is 48.5 Å². The molecule has 0 radical (unpaired) electrons. The number of aromatic hydroxyl groups is 2. The number of ether oxygens (including phenoxy) is 2. The number of fused-ring (bicyclic) bond motifs is 6. The van der Waals surface area contributed by atoms with Gasteiger partial charge >= 0.3 is 5.97 Å². The summed E-state index contributed by atoms with van der Waals surface area (Å²) < 4.78 is 12.3. The van der Waals surface area contributed by atoms with Gasteiger partial charge in [0.25, 0.3) is 0 Å². The molecule has 2 aliphatic heterocycles. The molecule has 0 bridgehead atoms. The predicted molar refractivity (Wildman–Crippen MR) is 136 cm³/mol. The van der Waals surface area contributed by atoms with Crippen LogP contribution in [-0.4, -0.2) is 27.7 Å². The lowest BCUT2D eigenvalue weighted by Gasteiger charge is -2.39. The van der Waals surface area contributed by atoms with Crippen molar-refractivity contribution in [3.63, 3.8) is 0 Å². The summed E-state index contributed by atoms with van der Waals surface area (Å²) >= 11 is 0. The van der Waals surface area contributed by atoms with E-state index in [2.05, 4.69) is 0 Å². The molecular weight excluding hydrogens is 472 g/mol. The third-order valence-electron chi connectivity index (χ3n) is 6.78. The summed E-state index contributed by atoms with van der Waals surface area (Å²) in [6, 6.07) is 12.5. The van der Waals surface area contributed by atoms with Crippen LogP contribution in [0.2, 0.25) is 0 Å². The SMILES string of the molecule is CC(C)(C)C(=O)c1c(O)cc2c(c1C(=O)C(C)(C)C)C1(OC(=O)c3ccccc31)c1ccc(O)cc1O2. The van der Waals surface area contributed by atoms with Gasteiger partial charge in [0.05, 0.1) is 16.7 Å². The van der Waals surface area contributed by atoms with E-state index in [4.69, 9.17) is 9.47 Å². The Morgan fingerprint density at radius 1 is 0.784 bits per heavy atom. The summed E-state index contributed by atoms with van der Waals surface area (Å²) in [5, 5.41) is 21.4. The zero-order chi connectivity index (χ0) is 27.1. The van der Waals surface area contributed by atoms with E-state index in [0.29, 0.717) is 16.7 Å². The number of hydrogen-bond acceptors (Lipinski definition) is 7. The fourth-order valence-electron chi connectivity index (χ4n) is 5.02. The highest BCUT2D eigenvalue weighted by molar-refractivity contribution is 6.15. The van der Waals surface area contributed by atoms with Crippen molar-refractivity contribution < 1.29 is 34.1 Å². The zero-order valence-electron chi connectivity index (χ0n) is 21.6. The van der Waals surface area contributed by atoms with Gasteiger partial charge in [-0.1, -0.05) is 59.7 Å². The Kier molecular flexibility index (Phi) is 5.10. The van der Waals surface area contributed by atoms with Gasteiger partial charge in [-0.05, 0) is 18.2 Å². The van der Waals surface area contributed by atoms with Gasteiger partial charge in [0.1, 0.15) is 23.0 Å². The first-order valence-electron chi connectivity index (χ1n) is 12.0. The molecule has 2 N–H and O–H groups in total. The number of ketones is 2. The van der Waals surface area contributed by atoms with E-state index >= 15 is 0 Å². The van der Waals surface area contributed by atoms with Crippen LogP contribution < -0.4 is 4.74 Å².